The molecule has 0 heterocycles. The monoisotopic (exact) mass is 123 g/mol. The van der Waals surface area contributed by atoms with Crippen LogP contribution < -0.4 is 5.73 Å². The Kier molecular flexibility index (Phi) is 1.12. The molecule has 3 aliphatic rings. The van der Waals surface area contributed by atoms with E-state index in [1.807, 2.05) is 0 Å². The van der Waals surface area contributed by atoms with Gasteiger partial charge in [-0.25, -0.2) is 0 Å². The fourth-order valence-electron chi connectivity index (χ4n) is 1.98. The zero-order valence-corrected chi connectivity index (χ0v) is 5.59. The lowest BCUT2D eigenvalue weighted by Gasteiger charge is -2.35. The van der Waals surface area contributed by atoms with E-state index in [-0.39, 0.29) is 0 Å². The van der Waals surface area contributed by atoms with Crippen LogP contribution in [0.4, 0.5) is 0 Å². The SMILES string of the molecule is NC1CC2C=CC1CC2. The van der Waals surface area contributed by atoms with Crippen molar-refractivity contribution in [3.8, 4) is 0 Å². The summed E-state index contributed by atoms with van der Waals surface area (Å²) in [6.45, 7) is 0. The Morgan fingerprint density at radius 3 is 2.33 bits per heavy atom. The van der Waals surface area contributed by atoms with E-state index in [9.17, 15) is 0 Å². The van der Waals surface area contributed by atoms with Gasteiger partial charge in [0.1, 0.15) is 0 Å². The molecule has 2 bridgehead atoms. The molecule has 1 saturated carbocycles. The minimum Gasteiger partial charge on any atom is -0.327 e. The minimum atomic E-state index is 0.480. The number of rotatable bonds is 0. The van der Waals surface area contributed by atoms with Gasteiger partial charge in [-0.2, -0.15) is 0 Å². The molecule has 0 radical (unpaired) electrons. The Labute approximate surface area is 55.9 Å². The molecule has 3 rings (SSSR count). The number of fused-ring (bicyclic) bond motifs is 2. The highest BCUT2D eigenvalue weighted by Gasteiger charge is 2.28. The molecule has 2 N–H and O–H groups in total. The molecular formula is C8H13N. The summed E-state index contributed by atoms with van der Waals surface area (Å²) in [5.74, 6) is 1.54. The smallest absolute Gasteiger partial charge is 0.0107 e. The van der Waals surface area contributed by atoms with Crippen molar-refractivity contribution >= 4 is 0 Å². The summed E-state index contributed by atoms with van der Waals surface area (Å²) in [6.07, 6.45) is 8.61. The average Bonchev–Trinajstić information content (AvgIpc) is 1.90. The van der Waals surface area contributed by atoms with Crippen LogP contribution in [0.2, 0.25) is 0 Å². The first-order valence-electron chi connectivity index (χ1n) is 3.80. The van der Waals surface area contributed by atoms with Gasteiger partial charge in [0.25, 0.3) is 0 Å². The second-order valence-corrected chi connectivity index (χ2v) is 3.29. The van der Waals surface area contributed by atoms with Gasteiger partial charge in [-0.1, -0.05) is 12.2 Å². The second-order valence-electron chi connectivity index (χ2n) is 3.29. The van der Waals surface area contributed by atoms with Crippen LogP contribution in [-0.2, 0) is 0 Å². The van der Waals surface area contributed by atoms with Crippen molar-refractivity contribution in [3.63, 3.8) is 0 Å². The van der Waals surface area contributed by atoms with Crippen LogP contribution in [0, 0.1) is 11.8 Å². The van der Waals surface area contributed by atoms with Crippen molar-refractivity contribution in [2.24, 2.45) is 17.6 Å². The Morgan fingerprint density at radius 2 is 2.11 bits per heavy atom. The van der Waals surface area contributed by atoms with Crippen LogP contribution in [0.1, 0.15) is 19.3 Å². The number of nitrogens with two attached hydrogens (primary N) is 1. The van der Waals surface area contributed by atoms with E-state index >= 15 is 0 Å². The summed E-state index contributed by atoms with van der Waals surface area (Å²) in [5.41, 5.74) is 5.87. The van der Waals surface area contributed by atoms with E-state index in [2.05, 4.69) is 12.2 Å². The third-order valence-electron chi connectivity index (χ3n) is 2.63. The second kappa shape index (κ2) is 1.84. The summed E-state index contributed by atoms with van der Waals surface area (Å²) in [6, 6.07) is 0.480. The van der Waals surface area contributed by atoms with Crippen LogP contribution >= 0.6 is 0 Å². The molecular weight excluding hydrogens is 110 g/mol. The van der Waals surface area contributed by atoms with Crippen molar-refractivity contribution in [1.29, 1.82) is 0 Å². The van der Waals surface area contributed by atoms with Crippen LogP contribution in [0.15, 0.2) is 12.2 Å². The molecule has 1 heteroatoms. The van der Waals surface area contributed by atoms with Crippen molar-refractivity contribution in [2.45, 2.75) is 25.3 Å². The van der Waals surface area contributed by atoms with Gasteiger partial charge in [-0.15, -0.1) is 0 Å². The van der Waals surface area contributed by atoms with Crippen LogP contribution in [0.3, 0.4) is 0 Å². The van der Waals surface area contributed by atoms with Crippen molar-refractivity contribution in [3.05, 3.63) is 12.2 Å². The standard InChI is InChI=1S/C8H13N/c9-8-5-6-1-3-7(8)4-2-6/h1,3,6-8H,2,4-5,9H2. The van der Waals surface area contributed by atoms with E-state index in [1.54, 1.807) is 0 Å². The van der Waals surface area contributed by atoms with Gasteiger partial charge in [-0.05, 0) is 31.1 Å². The summed E-state index contributed by atoms with van der Waals surface area (Å²) in [4.78, 5) is 0. The first-order chi connectivity index (χ1) is 4.36. The predicted molar refractivity (Wildman–Crippen MR) is 37.9 cm³/mol. The third kappa shape index (κ3) is 0.799. The van der Waals surface area contributed by atoms with Crippen molar-refractivity contribution in [1.82, 2.24) is 0 Å². The summed E-state index contributed by atoms with van der Waals surface area (Å²) in [5, 5.41) is 0. The zero-order chi connectivity index (χ0) is 6.27. The highest BCUT2D eigenvalue weighted by atomic mass is 14.7. The first kappa shape index (κ1) is 5.48. The van der Waals surface area contributed by atoms with E-state index in [0.717, 1.165) is 11.8 Å². The normalized spacial score (nSPS) is 47.9. The Balaban J connectivity index is 2.20. The molecule has 0 saturated heterocycles. The highest BCUT2D eigenvalue weighted by Crippen LogP contribution is 2.34. The molecule has 3 unspecified atom stereocenters. The average molecular weight is 123 g/mol. The quantitative estimate of drug-likeness (QED) is 0.483. The Morgan fingerprint density at radius 1 is 1.22 bits per heavy atom. The molecule has 0 aliphatic heterocycles. The molecule has 0 spiro atoms. The minimum absolute atomic E-state index is 0.480. The molecule has 0 aromatic heterocycles. The van der Waals surface area contributed by atoms with Gasteiger partial charge in [-0.3, -0.25) is 0 Å². The molecule has 0 amide bonds. The van der Waals surface area contributed by atoms with Gasteiger partial charge in [0.15, 0.2) is 0 Å². The van der Waals surface area contributed by atoms with E-state index in [0.29, 0.717) is 6.04 Å². The number of allylic oxidation sites excluding steroid dienone is 1. The largest absolute Gasteiger partial charge is 0.327 e. The topological polar surface area (TPSA) is 26.0 Å². The first-order valence-corrected chi connectivity index (χ1v) is 3.80. The summed E-state index contributed by atoms with van der Waals surface area (Å²) in [7, 11) is 0. The highest BCUT2D eigenvalue weighted by molar-refractivity contribution is 5.07. The third-order valence-corrected chi connectivity index (χ3v) is 2.63. The number of hydrogen-bond acceptors (Lipinski definition) is 1. The lowest BCUT2D eigenvalue weighted by atomic mass is 9.73. The molecule has 9 heavy (non-hydrogen) atoms. The van der Waals surface area contributed by atoms with Gasteiger partial charge < -0.3 is 5.73 Å². The molecule has 50 valence electrons. The van der Waals surface area contributed by atoms with Crippen LogP contribution in [0.5, 0.6) is 0 Å². The fourth-order valence-corrected chi connectivity index (χ4v) is 1.98. The van der Waals surface area contributed by atoms with E-state index in [1.165, 1.54) is 19.3 Å². The van der Waals surface area contributed by atoms with Gasteiger partial charge in [0.2, 0.25) is 0 Å². The van der Waals surface area contributed by atoms with Crippen LogP contribution in [-0.4, -0.2) is 6.04 Å². The van der Waals surface area contributed by atoms with Gasteiger partial charge in [0, 0.05) is 6.04 Å². The van der Waals surface area contributed by atoms with Crippen molar-refractivity contribution < 1.29 is 0 Å². The molecule has 3 atom stereocenters. The molecule has 0 aromatic rings. The zero-order valence-electron chi connectivity index (χ0n) is 5.59. The maximum absolute atomic E-state index is 5.87. The Hall–Kier alpha value is -0.300. The molecule has 1 nitrogen and oxygen atoms in total. The molecule has 3 aliphatic carbocycles. The van der Waals surface area contributed by atoms with E-state index < -0.39 is 0 Å². The molecule has 1 fully saturated rings. The predicted octanol–water partition coefficient (Wildman–Crippen LogP) is 1.30. The van der Waals surface area contributed by atoms with Crippen LogP contribution in [0.25, 0.3) is 0 Å². The van der Waals surface area contributed by atoms with E-state index in [4.69, 9.17) is 5.73 Å². The number of hydrogen-bond donors (Lipinski definition) is 1. The van der Waals surface area contributed by atoms with Crippen molar-refractivity contribution in [2.75, 3.05) is 0 Å². The maximum atomic E-state index is 5.87. The lowest BCUT2D eigenvalue weighted by molar-refractivity contribution is 0.285. The summed E-state index contributed by atoms with van der Waals surface area (Å²) < 4.78 is 0. The summed E-state index contributed by atoms with van der Waals surface area (Å²) >= 11 is 0. The van der Waals surface area contributed by atoms with Gasteiger partial charge in [0.05, 0.1) is 0 Å². The molecule has 0 aromatic carbocycles. The van der Waals surface area contributed by atoms with Gasteiger partial charge >= 0.3 is 0 Å². The maximum Gasteiger partial charge on any atom is 0.0107 e. The lowest BCUT2D eigenvalue weighted by Crippen LogP contribution is -2.37. The Bertz CT molecular complexity index is 140. The fraction of sp³-hybridized carbons (Fsp3) is 0.750.